The molecule has 2 aromatic carbocycles. The second-order valence-electron chi connectivity index (χ2n) is 5.51. The molecule has 25 heavy (non-hydrogen) atoms. The predicted octanol–water partition coefficient (Wildman–Crippen LogP) is 4.57. The van der Waals surface area contributed by atoms with Gasteiger partial charge < -0.3 is 10.4 Å². The smallest absolute Gasteiger partial charge is 0.240 e. The van der Waals surface area contributed by atoms with Gasteiger partial charge in [-0.25, -0.2) is 5.43 Å². The maximum atomic E-state index is 11.8. The number of carbonyl (C=O) groups excluding carboxylic acids is 1. The first-order valence-corrected chi connectivity index (χ1v) is 9.35. The number of nitrogens with one attached hydrogen (secondary N) is 2. The molecular weight excluding hydrogens is 450 g/mol. The Labute approximate surface area is 163 Å². The third-order valence-corrected chi connectivity index (χ3v) is 4.47. The number of nitrogens with zero attached hydrogens (tertiary/aromatic N) is 1. The molecule has 0 heterocycles. The Bertz CT molecular complexity index is 762. The number of rotatable bonds is 7. The summed E-state index contributed by atoms with van der Waals surface area (Å²) in [7, 11) is 0. The van der Waals surface area contributed by atoms with Crippen molar-refractivity contribution in [2.24, 2.45) is 5.10 Å². The average Bonchev–Trinajstić information content (AvgIpc) is 2.57. The highest BCUT2D eigenvalue weighted by Gasteiger charge is 2.05. The van der Waals surface area contributed by atoms with Gasteiger partial charge in [-0.1, -0.05) is 33.6 Å². The fraction of sp³-hybridized carbons (Fsp3) is 0.222. The molecule has 2 aromatic rings. The number of aromatic hydroxyl groups is 1. The Kier molecular flexibility index (Phi) is 7.46. The highest BCUT2D eigenvalue weighted by atomic mass is 79.9. The van der Waals surface area contributed by atoms with Gasteiger partial charge in [-0.2, -0.15) is 5.10 Å². The highest BCUT2D eigenvalue weighted by Crippen LogP contribution is 2.30. The molecule has 1 amide bonds. The quantitative estimate of drug-likeness (QED) is 0.316. The normalized spacial score (nSPS) is 10.8. The Morgan fingerprint density at radius 1 is 1.24 bits per heavy atom. The first kappa shape index (κ1) is 19.5. The van der Waals surface area contributed by atoms with Gasteiger partial charge in [-0.15, -0.1) is 0 Å². The maximum Gasteiger partial charge on any atom is 0.240 e. The average molecular weight is 469 g/mol. The Morgan fingerprint density at radius 3 is 2.68 bits per heavy atom. The van der Waals surface area contributed by atoms with E-state index in [4.69, 9.17) is 0 Å². The van der Waals surface area contributed by atoms with Crippen LogP contribution in [0.3, 0.4) is 0 Å². The monoisotopic (exact) mass is 467 g/mol. The molecule has 0 aliphatic rings. The van der Waals surface area contributed by atoms with Gasteiger partial charge in [0.25, 0.3) is 0 Å². The van der Waals surface area contributed by atoms with Crippen LogP contribution in [-0.2, 0) is 4.79 Å². The number of benzene rings is 2. The third kappa shape index (κ3) is 6.51. The van der Waals surface area contributed by atoms with Crippen LogP contribution in [0.1, 0.15) is 24.0 Å². The van der Waals surface area contributed by atoms with E-state index in [-0.39, 0.29) is 11.7 Å². The molecule has 0 unspecified atom stereocenters. The van der Waals surface area contributed by atoms with Crippen molar-refractivity contribution in [3.05, 3.63) is 56.5 Å². The Hall–Kier alpha value is -1.86. The Balaban J connectivity index is 1.73. The molecule has 3 N–H and O–H groups in total. The van der Waals surface area contributed by atoms with Crippen molar-refractivity contribution >= 4 is 49.7 Å². The first-order chi connectivity index (χ1) is 12.0. The van der Waals surface area contributed by atoms with Crippen molar-refractivity contribution in [1.29, 1.82) is 0 Å². The number of amides is 1. The van der Waals surface area contributed by atoms with E-state index >= 15 is 0 Å². The van der Waals surface area contributed by atoms with Gasteiger partial charge >= 0.3 is 0 Å². The predicted molar refractivity (Wildman–Crippen MR) is 108 cm³/mol. The van der Waals surface area contributed by atoms with Gasteiger partial charge in [0.1, 0.15) is 5.75 Å². The summed E-state index contributed by atoms with van der Waals surface area (Å²) in [5, 5.41) is 17.1. The molecule has 132 valence electrons. The number of halogens is 2. The zero-order chi connectivity index (χ0) is 18.2. The first-order valence-electron chi connectivity index (χ1n) is 7.76. The summed E-state index contributed by atoms with van der Waals surface area (Å²) >= 11 is 6.58. The second-order valence-corrected chi connectivity index (χ2v) is 7.28. The van der Waals surface area contributed by atoms with E-state index in [0.717, 1.165) is 10.2 Å². The minimum absolute atomic E-state index is 0.0727. The number of hydrogen-bond donors (Lipinski definition) is 3. The lowest BCUT2D eigenvalue weighted by Crippen LogP contribution is -2.18. The van der Waals surface area contributed by atoms with E-state index in [1.807, 2.05) is 31.2 Å². The van der Waals surface area contributed by atoms with Crippen LogP contribution in [0, 0.1) is 6.92 Å². The molecule has 0 spiro atoms. The molecule has 0 fully saturated rings. The third-order valence-electron chi connectivity index (χ3n) is 3.41. The van der Waals surface area contributed by atoms with E-state index in [0.29, 0.717) is 29.4 Å². The van der Waals surface area contributed by atoms with Crippen molar-refractivity contribution in [1.82, 2.24) is 5.43 Å². The maximum absolute atomic E-state index is 11.8. The molecule has 0 aliphatic heterocycles. The molecule has 0 atom stereocenters. The van der Waals surface area contributed by atoms with Gasteiger partial charge in [-0.05, 0) is 53.5 Å². The fourth-order valence-electron chi connectivity index (χ4n) is 2.07. The van der Waals surface area contributed by atoms with Crippen molar-refractivity contribution < 1.29 is 9.90 Å². The number of aryl methyl sites for hydroxylation is 1. The summed E-state index contributed by atoms with van der Waals surface area (Å²) in [6.45, 7) is 2.75. The van der Waals surface area contributed by atoms with Gasteiger partial charge in [0.15, 0.2) is 0 Å². The highest BCUT2D eigenvalue weighted by molar-refractivity contribution is 9.11. The molecule has 0 radical (unpaired) electrons. The van der Waals surface area contributed by atoms with Crippen LogP contribution >= 0.6 is 31.9 Å². The fourth-order valence-corrected chi connectivity index (χ4v) is 3.33. The van der Waals surface area contributed by atoms with Crippen molar-refractivity contribution in [2.45, 2.75) is 19.8 Å². The summed E-state index contributed by atoms with van der Waals surface area (Å²) in [6, 6.07) is 11.6. The van der Waals surface area contributed by atoms with Crippen LogP contribution in [0.4, 0.5) is 5.69 Å². The van der Waals surface area contributed by atoms with Crippen LogP contribution in [-0.4, -0.2) is 23.8 Å². The van der Waals surface area contributed by atoms with Crippen LogP contribution < -0.4 is 10.7 Å². The number of phenolic OH excluding ortho intramolecular Hbond substituents is 1. The minimum atomic E-state index is -0.171. The number of hydrazone groups is 1. The van der Waals surface area contributed by atoms with Crippen LogP contribution in [0.2, 0.25) is 0 Å². The lowest BCUT2D eigenvalue weighted by molar-refractivity contribution is -0.121. The number of phenols is 1. The summed E-state index contributed by atoms with van der Waals surface area (Å²) in [6.07, 6.45) is 2.47. The standard InChI is InChI=1S/C18H19Br2N3O2/c1-12-4-6-15(7-5-12)21-8-2-3-17(24)23-22-11-13-9-14(19)10-16(20)18(13)25/h4-7,9-11,21,25H,2-3,8H2,1H3,(H,23,24)/b22-11+. The molecule has 0 saturated heterocycles. The van der Waals surface area contributed by atoms with E-state index in [1.165, 1.54) is 11.8 Å². The van der Waals surface area contributed by atoms with Crippen LogP contribution in [0.25, 0.3) is 0 Å². The zero-order valence-corrected chi connectivity index (χ0v) is 16.9. The lowest BCUT2D eigenvalue weighted by atomic mass is 10.2. The van der Waals surface area contributed by atoms with Crippen LogP contribution in [0.15, 0.2) is 50.4 Å². The lowest BCUT2D eigenvalue weighted by Gasteiger charge is -2.06. The van der Waals surface area contributed by atoms with E-state index < -0.39 is 0 Å². The summed E-state index contributed by atoms with van der Waals surface area (Å²) in [5.41, 5.74) is 5.22. The second kappa shape index (κ2) is 9.58. The molecule has 7 heteroatoms. The van der Waals surface area contributed by atoms with Crippen LogP contribution in [0.5, 0.6) is 5.75 Å². The minimum Gasteiger partial charge on any atom is -0.506 e. The Morgan fingerprint density at radius 2 is 1.96 bits per heavy atom. The summed E-state index contributed by atoms with van der Waals surface area (Å²) in [4.78, 5) is 11.8. The van der Waals surface area contributed by atoms with Crippen molar-refractivity contribution in [2.75, 3.05) is 11.9 Å². The summed E-state index contributed by atoms with van der Waals surface area (Å²) in [5.74, 6) is -0.0981. The van der Waals surface area contributed by atoms with E-state index in [9.17, 15) is 9.90 Å². The van der Waals surface area contributed by atoms with Gasteiger partial charge in [0.05, 0.1) is 10.7 Å². The molecule has 0 bridgehead atoms. The number of hydrogen-bond acceptors (Lipinski definition) is 4. The number of anilines is 1. The van der Waals surface area contributed by atoms with E-state index in [1.54, 1.807) is 12.1 Å². The topological polar surface area (TPSA) is 73.7 Å². The molecular formula is C18H19Br2N3O2. The zero-order valence-electron chi connectivity index (χ0n) is 13.7. The molecule has 5 nitrogen and oxygen atoms in total. The van der Waals surface area contributed by atoms with Gasteiger partial charge in [0.2, 0.25) is 5.91 Å². The molecule has 2 rings (SSSR count). The number of carbonyl (C=O) groups is 1. The van der Waals surface area contributed by atoms with Gasteiger partial charge in [-0.3, -0.25) is 4.79 Å². The van der Waals surface area contributed by atoms with Crippen molar-refractivity contribution in [3.63, 3.8) is 0 Å². The molecule has 0 saturated carbocycles. The SMILES string of the molecule is Cc1ccc(NCCCC(=O)N/N=C/c2cc(Br)cc(Br)c2O)cc1. The van der Waals surface area contributed by atoms with Gasteiger partial charge in [0, 0.05) is 28.7 Å². The largest absolute Gasteiger partial charge is 0.506 e. The summed E-state index contributed by atoms with van der Waals surface area (Å²) < 4.78 is 1.35. The van der Waals surface area contributed by atoms with E-state index in [2.05, 4.69) is 47.7 Å². The van der Waals surface area contributed by atoms with Crippen molar-refractivity contribution in [3.8, 4) is 5.75 Å². The molecule has 0 aromatic heterocycles. The molecule has 0 aliphatic carbocycles.